The Morgan fingerprint density at radius 2 is 1.89 bits per heavy atom. The van der Waals surface area contributed by atoms with Crippen molar-refractivity contribution in [2.24, 2.45) is 0 Å². The quantitative estimate of drug-likeness (QED) is 0.336. The van der Waals surface area contributed by atoms with Crippen LogP contribution in [-0.4, -0.2) is 23.9 Å². The van der Waals surface area contributed by atoms with Gasteiger partial charge in [-0.3, -0.25) is 14.9 Å². The summed E-state index contributed by atoms with van der Waals surface area (Å²) in [5.41, 5.74) is 4.13. The van der Waals surface area contributed by atoms with E-state index in [4.69, 9.17) is 0 Å². The number of rotatable bonds is 6. The molecule has 4 N–H and O–H groups in total. The molecule has 0 aliphatic heterocycles. The average Bonchev–Trinajstić information content (AvgIpc) is 2.34. The number of benzene rings is 1. The van der Waals surface area contributed by atoms with Gasteiger partial charge < -0.3 is 23.5 Å². The third-order valence-corrected chi connectivity index (χ3v) is 2.30. The Bertz CT molecular complexity index is 395. The summed E-state index contributed by atoms with van der Waals surface area (Å²) in [6, 6.07) is 5.55. The predicted octanol–water partition coefficient (Wildman–Crippen LogP) is -2.65. The molecule has 0 radical (unpaired) electrons. The molecule has 1 amide bonds. The number of hydrogen-bond acceptors (Lipinski definition) is 3. The van der Waals surface area contributed by atoms with Crippen molar-refractivity contribution in [2.45, 2.75) is 12.8 Å². The van der Waals surface area contributed by atoms with E-state index in [0.717, 1.165) is 19.4 Å². The monoisotopic (exact) mass is 273 g/mol. The van der Waals surface area contributed by atoms with Crippen LogP contribution in [0, 0.1) is 10.1 Å². The van der Waals surface area contributed by atoms with Gasteiger partial charge in [0.2, 0.25) is 0 Å². The van der Waals surface area contributed by atoms with Gasteiger partial charge in [-0.05, 0) is 25.0 Å². The first-order valence-electron chi connectivity index (χ1n) is 5.47. The van der Waals surface area contributed by atoms with Gasteiger partial charge >= 0.3 is 0 Å². The molecule has 1 aromatic rings. The van der Waals surface area contributed by atoms with Crippen molar-refractivity contribution < 1.29 is 27.9 Å². The number of nitrogens with zero attached hydrogens (tertiary/aromatic N) is 1. The second-order valence-electron chi connectivity index (χ2n) is 3.62. The Labute approximate surface area is 111 Å². The lowest BCUT2D eigenvalue weighted by Crippen LogP contribution is -3.00. The maximum atomic E-state index is 11.6. The van der Waals surface area contributed by atoms with E-state index in [2.05, 4.69) is 11.1 Å². The lowest BCUT2D eigenvalue weighted by atomic mass is 10.2. The molecule has 0 fully saturated rings. The van der Waals surface area contributed by atoms with Gasteiger partial charge in [0.05, 0.1) is 11.5 Å². The molecule has 0 unspecified atom stereocenters. The molecule has 0 aliphatic rings. The van der Waals surface area contributed by atoms with Crippen LogP contribution in [0.4, 0.5) is 5.69 Å². The van der Waals surface area contributed by atoms with Crippen LogP contribution >= 0.6 is 0 Å². The fourth-order valence-corrected chi connectivity index (χ4v) is 1.34. The van der Waals surface area contributed by atoms with E-state index >= 15 is 0 Å². The normalized spacial score (nSPS) is 9.39. The number of nitrogens with one attached hydrogen (secondary N) is 1. The van der Waals surface area contributed by atoms with Gasteiger partial charge in [-0.2, -0.15) is 0 Å². The number of unbranched alkanes of at least 4 members (excludes halogenated alkanes) is 1. The lowest BCUT2D eigenvalue weighted by molar-refractivity contribution is -0.384. The first-order valence-corrected chi connectivity index (χ1v) is 5.47. The molecular formula is C11H16ClN3O3. The summed E-state index contributed by atoms with van der Waals surface area (Å²) in [4.78, 5) is 21.5. The average molecular weight is 274 g/mol. The molecular weight excluding hydrogens is 258 g/mol. The summed E-state index contributed by atoms with van der Waals surface area (Å²) in [5, 5.41) is 13.2. The fraction of sp³-hybridized carbons (Fsp3) is 0.364. The summed E-state index contributed by atoms with van der Waals surface area (Å²) in [6.07, 6.45) is 1.86. The Morgan fingerprint density at radius 1 is 1.28 bits per heavy atom. The number of hydrogen-bond donors (Lipinski definition) is 2. The first kappa shape index (κ1) is 16.3. The van der Waals surface area contributed by atoms with Gasteiger partial charge in [-0.15, -0.1) is 0 Å². The SMILES string of the molecule is [Cl-].[NH3+]CCCCNC(=O)c1ccc([N+](=O)[O-])cc1. The molecule has 0 atom stereocenters. The Hall–Kier alpha value is -1.66. The number of carbonyl (C=O) groups excluding carboxylic acids is 1. The molecule has 0 spiro atoms. The summed E-state index contributed by atoms with van der Waals surface area (Å²) >= 11 is 0. The molecule has 0 bridgehead atoms. The zero-order valence-corrected chi connectivity index (χ0v) is 10.7. The second-order valence-corrected chi connectivity index (χ2v) is 3.62. The third kappa shape index (κ3) is 5.11. The predicted molar refractivity (Wildman–Crippen MR) is 62.4 cm³/mol. The highest BCUT2D eigenvalue weighted by Crippen LogP contribution is 2.11. The molecule has 6 nitrogen and oxygen atoms in total. The standard InChI is InChI=1S/C11H15N3O3.ClH/c12-7-1-2-8-13-11(15)9-3-5-10(6-4-9)14(16)17;/h3-6H,1-2,7-8,12H2,(H,13,15);1H. The number of non-ortho nitro benzene ring substituents is 1. The van der Waals surface area contributed by atoms with E-state index in [1.807, 2.05) is 0 Å². The molecule has 0 saturated carbocycles. The summed E-state index contributed by atoms with van der Waals surface area (Å²) < 4.78 is 0. The number of halogens is 1. The fourth-order valence-electron chi connectivity index (χ4n) is 1.34. The van der Waals surface area contributed by atoms with Gasteiger partial charge in [-0.25, -0.2) is 0 Å². The van der Waals surface area contributed by atoms with Crippen LogP contribution in [0.5, 0.6) is 0 Å². The minimum Gasteiger partial charge on any atom is -1.00 e. The molecule has 7 heteroatoms. The van der Waals surface area contributed by atoms with Gasteiger partial charge in [-0.1, -0.05) is 0 Å². The third-order valence-electron chi connectivity index (χ3n) is 2.30. The van der Waals surface area contributed by atoms with Gasteiger partial charge in [0.1, 0.15) is 0 Å². The maximum absolute atomic E-state index is 11.6. The molecule has 18 heavy (non-hydrogen) atoms. The minimum atomic E-state index is -0.490. The second kappa shape index (κ2) is 8.43. The molecule has 0 heterocycles. The van der Waals surface area contributed by atoms with E-state index in [-0.39, 0.29) is 24.0 Å². The molecule has 1 aromatic carbocycles. The lowest BCUT2D eigenvalue weighted by Gasteiger charge is -2.03. The number of amides is 1. The molecule has 0 aromatic heterocycles. The van der Waals surface area contributed by atoms with E-state index < -0.39 is 4.92 Å². The van der Waals surface area contributed by atoms with Crippen LogP contribution < -0.4 is 23.5 Å². The van der Waals surface area contributed by atoms with Gasteiger partial charge in [0, 0.05) is 24.2 Å². The largest absolute Gasteiger partial charge is 1.00 e. The smallest absolute Gasteiger partial charge is 0.269 e. The molecule has 0 saturated heterocycles. The maximum Gasteiger partial charge on any atom is 0.269 e. The Morgan fingerprint density at radius 3 is 2.39 bits per heavy atom. The summed E-state index contributed by atoms with van der Waals surface area (Å²) in [5.74, 6) is -0.205. The van der Waals surface area contributed by atoms with Crippen LogP contribution in [0.1, 0.15) is 23.2 Å². The van der Waals surface area contributed by atoms with Gasteiger partial charge in [0.15, 0.2) is 0 Å². The van der Waals surface area contributed by atoms with Crippen LogP contribution in [-0.2, 0) is 0 Å². The Kier molecular flexibility index (Phi) is 7.66. The Balaban J connectivity index is 0.00000289. The van der Waals surface area contributed by atoms with Crippen molar-refractivity contribution in [3.8, 4) is 0 Å². The number of nitro groups is 1. The summed E-state index contributed by atoms with van der Waals surface area (Å²) in [7, 11) is 0. The van der Waals surface area contributed by atoms with Crippen molar-refractivity contribution in [1.82, 2.24) is 5.32 Å². The number of quaternary nitrogens is 1. The topological polar surface area (TPSA) is 99.9 Å². The van der Waals surface area contributed by atoms with Crippen molar-refractivity contribution >= 4 is 11.6 Å². The van der Waals surface area contributed by atoms with Crippen LogP contribution in [0.15, 0.2) is 24.3 Å². The zero-order chi connectivity index (χ0) is 12.7. The number of carbonyl (C=O) groups is 1. The molecule has 100 valence electrons. The zero-order valence-electron chi connectivity index (χ0n) is 9.89. The van der Waals surface area contributed by atoms with E-state index in [0.29, 0.717) is 12.1 Å². The van der Waals surface area contributed by atoms with Crippen LogP contribution in [0.25, 0.3) is 0 Å². The van der Waals surface area contributed by atoms with Crippen molar-refractivity contribution in [2.75, 3.05) is 13.1 Å². The summed E-state index contributed by atoms with van der Waals surface area (Å²) in [6.45, 7) is 1.46. The van der Waals surface area contributed by atoms with Crippen molar-refractivity contribution in [1.29, 1.82) is 0 Å². The number of nitro benzene ring substituents is 1. The van der Waals surface area contributed by atoms with Crippen molar-refractivity contribution in [3.63, 3.8) is 0 Å². The van der Waals surface area contributed by atoms with Gasteiger partial charge in [0.25, 0.3) is 11.6 Å². The highest BCUT2D eigenvalue weighted by Gasteiger charge is 2.08. The van der Waals surface area contributed by atoms with Crippen LogP contribution in [0.2, 0.25) is 0 Å². The van der Waals surface area contributed by atoms with E-state index in [9.17, 15) is 14.9 Å². The molecule has 1 rings (SSSR count). The van der Waals surface area contributed by atoms with E-state index in [1.165, 1.54) is 24.3 Å². The van der Waals surface area contributed by atoms with E-state index in [1.54, 1.807) is 0 Å². The molecule has 0 aliphatic carbocycles. The first-order chi connectivity index (χ1) is 8.15. The van der Waals surface area contributed by atoms with Crippen molar-refractivity contribution in [3.05, 3.63) is 39.9 Å². The highest BCUT2D eigenvalue weighted by molar-refractivity contribution is 5.94. The highest BCUT2D eigenvalue weighted by atomic mass is 35.5. The van der Waals surface area contributed by atoms with Crippen LogP contribution in [0.3, 0.4) is 0 Å². The minimum absolute atomic E-state index is 0.